The number of aliphatic hydroxyl groups excluding tert-OH is 11. The topological polar surface area (TPSA) is 393 Å². The SMILES string of the molecule is [N-]=[N+]=NCCO[C@@H]1O[C@H](CO)[C@@H](O[C@@H]2O[C@H](CO)[C@H](O)[C@H](O[C@]3(C(=O)O)C[C@H](O)[C@@H](NC(=O)CO)[C@H]([C@H](O)[C@H](O)CO)O3)[C@H]2O)[C@H](O)[C@H]1O. The third-order valence-corrected chi connectivity index (χ3v) is 8.08. The van der Waals surface area contributed by atoms with E-state index in [9.17, 15) is 65.8 Å². The number of hydrogen-bond donors (Lipinski definition) is 13. The molecule has 1 amide bonds. The maximum absolute atomic E-state index is 12.7. The summed E-state index contributed by atoms with van der Waals surface area (Å²) in [7, 11) is 0. The van der Waals surface area contributed by atoms with E-state index in [1.165, 1.54) is 0 Å². The van der Waals surface area contributed by atoms with Gasteiger partial charge in [-0.25, -0.2) is 4.79 Å². The summed E-state index contributed by atoms with van der Waals surface area (Å²) < 4.78 is 32.7. The molecule has 0 unspecified atom stereocenters. The van der Waals surface area contributed by atoms with E-state index >= 15 is 0 Å². The lowest BCUT2D eigenvalue weighted by Gasteiger charge is -2.50. The van der Waals surface area contributed by atoms with E-state index in [0.717, 1.165) is 0 Å². The van der Waals surface area contributed by atoms with E-state index in [2.05, 4.69) is 15.3 Å². The summed E-state index contributed by atoms with van der Waals surface area (Å²) in [6.07, 6.45) is -28.1. The van der Waals surface area contributed by atoms with Gasteiger partial charge in [-0.05, 0) is 5.53 Å². The lowest BCUT2D eigenvalue weighted by molar-refractivity contribution is -0.386. The number of rotatable bonds is 16. The molecule has 49 heavy (non-hydrogen) atoms. The lowest BCUT2D eigenvalue weighted by Crippen LogP contribution is -2.71. The van der Waals surface area contributed by atoms with Crippen LogP contribution in [0.15, 0.2) is 5.11 Å². The van der Waals surface area contributed by atoms with Crippen LogP contribution in [-0.4, -0.2) is 210 Å². The second-order valence-electron chi connectivity index (χ2n) is 11.3. The van der Waals surface area contributed by atoms with Crippen molar-refractivity contribution in [1.82, 2.24) is 5.32 Å². The third kappa shape index (κ3) is 9.28. The highest BCUT2D eigenvalue weighted by Gasteiger charge is 2.60. The van der Waals surface area contributed by atoms with Gasteiger partial charge in [-0.2, -0.15) is 0 Å². The van der Waals surface area contributed by atoms with E-state index in [-0.39, 0.29) is 13.2 Å². The molecule has 3 saturated heterocycles. The molecule has 3 fully saturated rings. The van der Waals surface area contributed by atoms with Gasteiger partial charge in [0.1, 0.15) is 73.8 Å². The second kappa shape index (κ2) is 18.2. The molecule has 24 heteroatoms. The number of amides is 1. The molecule has 3 heterocycles. The molecular formula is C25H42N4O20. The molecule has 3 rings (SSSR count). The first-order valence-corrected chi connectivity index (χ1v) is 14.9. The van der Waals surface area contributed by atoms with Crippen molar-refractivity contribution in [2.24, 2.45) is 5.11 Å². The van der Waals surface area contributed by atoms with Gasteiger partial charge >= 0.3 is 5.97 Å². The first-order valence-electron chi connectivity index (χ1n) is 14.9. The Morgan fingerprint density at radius 2 is 1.59 bits per heavy atom. The standard InChI is InChI=1S/C25H42N4O20/c26-29-27-1-2-44-22-17(40)16(39)19(11(6-32)46-22)47-23-18(41)21(15(38)10(5-31)45-23)49-25(24(42)43)3-8(34)13(28-12(36)7-33)20(48-25)14(37)9(35)4-30/h8-11,13-23,30-35,37-41H,1-7H2,(H,28,36)(H,42,43)/t8-,9+,10+,11+,13+,14+,15-,16+,17+,18+,19+,20+,21-,22+,23-,25-/m0/s1. The fourth-order valence-electron chi connectivity index (χ4n) is 5.54. The number of azide groups is 1. The third-order valence-electron chi connectivity index (χ3n) is 8.08. The van der Waals surface area contributed by atoms with Crippen LogP contribution in [0, 0.1) is 0 Å². The van der Waals surface area contributed by atoms with Crippen LogP contribution in [-0.2, 0) is 38.0 Å². The normalized spacial score (nSPS) is 40.9. The molecular weight excluding hydrogens is 676 g/mol. The van der Waals surface area contributed by atoms with E-state index in [1.807, 2.05) is 0 Å². The predicted octanol–water partition coefficient (Wildman–Crippen LogP) is -7.92. The van der Waals surface area contributed by atoms with Gasteiger partial charge in [0.05, 0.1) is 38.6 Å². The summed E-state index contributed by atoms with van der Waals surface area (Å²) in [5.41, 5.74) is 8.38. The molecule has 3 aliphatic rings. The number of ether oxygens (including phenoxy) is 6. The average molecular weight is 719 g/mol. The molecule has 0 radical (unpaired) electrons. The average Bonchev–Trinajstić information content (AvgIpc) is 3.08. The summed E-state index contributed by atoms with van der Waals surface area (Å²) in [6, 6.07) is -1.71. The Hall–Kier alpha value is -2.43. The zero-order chi connectivity index (χ0) is 36.6. The Labute approximate surface area is 276 Å². The van der Waals surface area contributed by atoms with Crippen LogP contribution < -0.4 is 5.32 Å². The first kappa shape index (κ1) is 41.0. The van der Waals surface area contributed by atoms with Crippen LogP contribution in [0.5, 0.6) is 0 Å². The van der Waals surface area contributed by atoms with E-state index < -0.39 is 142 Å². The molecule has 24 nitrogen and oxygen atoms in total. The Morgan fingerprint density at radius 3 is 2.16 bits per heavy atom. The molecule has 16 atom stereocenters. The molecule has 0 aromatic carbocycles. The van der Waals surface area contributed by atoms with Crippen LogP contribution in [0.1, 0.15) is 6.42 Å². The number of nitrogens with zero attached hydrogens (tertiary/aromatic N) is 3. The summed E-state index contributed by atoms with van der Waals surface area (Å²) in [5, 5.41) is 129. The summed E-state index contributed by atoms with van der Waals surface area (Å²) in [4.78, 5) is 27.1. The van der Waals surface area contributed by atoms with Gasteiger partial charge in [-0.1, -0.05) is 5.11 Å². The van der Waals surface area contributed by atoms with Crippen molar-refractivity contribution in [3.63, 3.8) is 0 Å². The molecule has 0 aromatic rings. The number of hydrogen-bond acceptors (Lipinski definition) is 20. The number of aliphatic hydroxyl groups is 11. The minimum Gasteiger partial charge on any atom is -0.477 e. The maximum atomic E-state index is 12.7. The zero-order valence-electron chi connectivity index (χ0n) is 25.6. The molecule has 0 bridgehead atoms. The van der Waals surface area contributed by atoms with Gasteiger partial charge < -0.3 is 95.0 Å². The fourth-order valence-corrected chi connectivity index (χ4v) is 5.54. The molecule has 0 aliphatic carbocycles. The predicted molar refractivity (Wildman–Crippen MR) is 149 cm³/mol. The highest BCUT2D eigenvalue weighted by atomic mass is 16.8. The molecule has 282 valence electrons. The smallest absolute Gasteiger partial charge is 0.364 e. The summed E-state index contributed by atoms with van der Waals surface area (Å²) in [5.74, 6) is -6.24. The van der Waals surface area contributed by atoms with Crippen molar-refractivity contribution in [3.05, 3.63) is 10.4 Å². The maximum Gasteiger partial charge on any atom is 0.364 e. The highest BCUT2D eigenvalue weighted by Crippen LogP contribution is 2.38. The quantitative estimate of drug-likeness (QED) is 0.0305. The lowest BCUT2D eigenvalue weighted by atomic mass is 9.88. The number of nitrogens with one attached hydrogen (secondary N) is 1. The van der Waals surface area contributed by atoms with Crippen LogP contribution in [0.3, 0.4) is 0 Å². The van der Waals surface area contributed by atoms with Crippen LogP contribution >= 0.6 is 0 Å². The van der Waals surface area contributed by atoms with Crippen molar-refractivity contribution < 1.29 is 99.3 Å². The van der Waals surface area contributed by atoms with Gasteiger partial charge in [-0.15, -0.1) is 0 Å². The van der Waals surface area contributed by atoms with Crippen LogP contribution in [0.4, 0.5) is 0 Å². The van der Waals surface area contributed by atoms with Crippen molar-refractivity contribution in [3.8, 4) is 0 Å². The number of aliphatic carboxylic acids is 1. The van der Waals surface area contributed by atoms with Crippen LogP contribution in [0.25, 0.3) is 10.4 Å². The Kier molecular flexibility index (Phi) is 15.2. The van der Waals surface area contributed by atoms with Crippen molar-refractivity contribution in [2.75, 3.05) is 39.6 Å². The Bertz CT molecular complexity index is 1130. The largest absolute Gasteiger partial charge is 0.477 e. The summed E-state index contributed by atoms with van der Waals surface area (Å²) in [6.45, 7) is -4.52. The Balaban J connectivity index is 1.90. The number of carbonyl (C=O) groups excluding carboxylic acids is 1. The highest BCUT2D eigenvalue weighted by molar-refractivity contribution is 5.78. The van der Waals surface area contributed by atoms with Gasteiger partial charge in [0, 0.05) is 17.9 Å². The van der Waals surface area contributed by atoms with Gasteiger partial charge in [-0.3, -0.25) is 4.79 Å². The molecule has 0 saturated carbocycles. The number of carbonyl (C=O) groups is 2. The van der Waals surface area contributed by atoms with E-state index in [0.29, 0.717) is 0 Å². The monoisotopic (exact) mass is 718 g/mol. The number of carboxylic acids is 1. The minimum atomic E-state index is -3.10. The van der Waals surface area contributed by atoms with Crippen molar-refractivity contribution >= 4 is 11.9 Å². The Morgan fingerprint density at radius 1 is 0.939 bits per heavy atom. The molecule has 13 N–H and O–H groups in total. The zero-order valence-corrected chi connectivity index (χ0v) is 25.6. The first-order chi connectivity index (χ1) is 23.2. The van der Waals surface area contributed by atoms with Crippen molar-refractivity contribution in [2.45, 2.75) is 104 Å². The fraction of sp³-hybridized carbons (Fsp3) is 0.920. The van der Waals surface area contributed by atoms with E-state index in [4.69, 9.17) is 39.1 Å². The van der Waals surface area contributed by atoms with E-state index in [1.54, 1.807) is 0 Å². The minimum absolute atomic E-state index is 0.171. The van der Waals surface area contributed by atoms with Gasteiger partial charge in [0.2, 0.25) is 5.91 Å². The second-order valence-corrected chi connectivity index (χ2v) is 11.3. The molecule has 0 aromatic heterocycles. The molecule has 3 aliphatic heterocycles. The van der Waals surface area contributed by atoms with Crippen molar-refractivity contribution in [1.29, 1.82) is 0 Å². The molecule has 0 spiro atoms. The number of carboxylic acid groups (broad SMARTS) is 1. The van der Waals surface area contributed by atoms with Crippen LogP contribution in [0.2, 0.25) is 0 Å². The summed E-state index contributed by atoms with van der Waals surface area (Å²) >= 11 is 0. The van der Waals surface area contributed by atoms with Gasteiger partial charge in [0.25, 0.3) is 5.79 Å². The van der Waals surface area contributed by atoms with Gasteiger partial charge in [0.15, 0.2) is 12.6 Å².